The van der Waals surface area contributed by atoms with Gasteiger partial charge in [0.1, 0.15) is 10.6 Å². The summed E-state index contributed by atoms with van der Waals surface area (Å²) in [7, 11) is -2.57. The normalized spacial score (nSPS) is 11.1. The van der Waals surface area contributed by atoms with Crippen LogP contribution in [0.15, 0.2) is 45.8 Å². The van der Waals surface area contributed by atoms with Crippen LogP contribution < -0.4 is 9.46 Å². The Morgan fingerprint density at radius 1 is 1.25 bits per heavy atom. The molecule has 128 valence electrons. The first-order valence-electron chi connectivity index (χ1n) is 6.90. The van der Waals surface area contributed by atoms with Crippen molar-refractivity contribution in [3.8, 4) is 5.75 Å². The molecule has 6 nitrogen and oxygen atoms in total. The van der Waals surface area contributed by atoms with Gasteiger partial charge in [-0.25, -0.2) is 8.42 Å². The fourth-order valence-electron chi connectivity index (χ4n) is 2.13. The molecule has 0 aliphatic heterocycles. The van der Waals surface area contributed by atoms with E-state index in [0.29, 0.717) is 11.3 Å². The van der Waals surface area contributed by atoms with Crippen molar-refractivity contribution in [2.45, 2.75) is 18.2 Å². The zero-order valence-electron chi connectivity index (χ0n) is 13.0. The minimum absolute atomic E-state index is 0.107. The molecule has 0 aliphatic carbocycles. The Balaban J connectivity index is 2.43. The summed E-state index contributed by atoms with van der Waals surface area (Å²) in [4.78, 5) is 10.7. The summed E-state index contributed by atoms with van der Waals surface area (Å²) < 4.78 is 33.8. The van der Waals surface area contributed by atoms with Crippen molar-refractivity contribution >= 4 is 37.6 Å². The molecule has 0 atom stereocenters. The maximum Gasteiger partial charge on any atom is 0.307 e. The smallest absolute Gasteiger partial charge is 0.307 e. The number of carbonyl (C=O) groups is 1. The van der Waals surface area contributed by atoms with Crippen molar-refractivity contribution in [3.05, 3.63) is 52.0 Å². The Morgan fingerprint density at radius 3 is 2.54 bits per heavy atom. The highest BCUT2D eigenvalue weighted by atomic mass is 79.9. The van der Waals surface area contributed by atoms with E-state index >= 15 is 0 Å². The summed E-state index contributed by atoms with van der Waals surface area (Å²) >= 11 is 3.36. The molecule has 0 aromatic heterocycles. The van der Waals surface area contributed by atoms with Crippen LogP contribution in [0.2, 0.25) is 0 Å². The number of nitrogens with one attached hydrogen (secondary N) is 1. The summed E-state index contributed by atoms with van der Waals surface area (Å²) in [6.45, 7) is 1.84. The van der Waals surface area contributed by atoms with Gasteiger partial charge in [-0.2, -0.15) is 0 Å². The Labute approximate surface area is 148 Å². The summed E-state index contributed by atoms with van der Waals surface area (Å²) in [5, 5.41) is 8.88. The lowest BCUT2D eigenvalue weighted by Crippen LogP contribution is -2.15. The number of benzene rings is 2. The predicted octanol–water partition coefficient (Wildman–Crippen LogP) is 3.19. The molecule has 0 amide bonds. The van der Waals surface area contributed by atoms with Gasteiger partial charge in [0.2, 0.25) is 0 Å². The van der Waals surface area contributed by atoms with Crippen molar-refractivity contribution in [1.82, 2.24) is 0 Å². The van der Waals surface area contributed by atoms with E-state index < -0.39 is 16.0 Å². The average Bonchev–Trinajstić information content (AvgIpc) is 2.50. The molecule has 0 radical (unpaired) electrons. The van der Waals surface area contributed by atoms with Gasteiger partial charge in [0.05, 0.1) is 13.5 Å². The second kappa shape index (κ2) is 7.23. The lowest BCUT2D eigenvalue weighted by molar-refractivity contribution is -0.136. The topological polar surface area (TPSA) is 92.7 Å². The molecule has 0 unspecified atom stereocenters. The summed E-state index contributed by atoms with van der Waals surface area (Å²) in [6.07, 6.45) is -0.274. The first-order valence-corrected chi connectivity index (χ1v) is 9.18. The molecule has 0 saturated heterocycles. The van der Waals surface area contributed by atoms with Crippen molar-refractivity contribution in [3.63, 3.8) is 0 Å². The van der Waals surface area contributed by atoms with Gasteiger partial charge in [0, 0.05) is 10.2 Å². The number of ether oxygens (including phenoxy) is 1. The molecule has 0 spiro atoms. The van der Waals surface area contributed by atoms with E-state index in [4.69, 9.17) is 9.84 Å². The van der Waals surface area contributed by atoms with E-state index in [-0.39, 0.29) is 17.1 Å². The van der Waals surface area contributed by atoms with Crippen LogP contribution in [0, 0.1) is 6.92 Å². The number of aryl methyl sites for hydroxylation is 1. The minimum Gasteiger partial charge on any atom is -0.495 e. The van der Waals surface area contributed by atoms with Gasteiger partial charge in [-0.3, -0.25) is 9.52 Å². The Hall–Kier alpha value is -2.06. The molecule has 24 heavy (non-hydrogen) atoms. The number of hydrogen-bond donors (Lipinski definition) is 2. The summed E-state index contributed by atoms with van der Waals surface area (Å²) in [5.41, 5.74) is 1.65. The average molecular weight is 414 g/mol. The maximum atomic E-state index is 12.7. The van der Waals surface area contributed by atoms with E-state index in [9.17, 15) is 13.2 Å². The first-order chi connectivity index (χ1) is 11.2. The number of halogens is 1. The van der Waals surface area contributed by atoms with E-state index in [2.05, 4.69) is 20.7 Å². The van der Waals surface area contributed by atoms with Gasteiger partial charge in [0.15, 0.2) is 0 Å². The highest BCUT2D eigenvalue weighted by Gasteiger charge is 2.21. The van der Waals surface area contributed by atoms with Gasteiger partial charge < -0.3 is 9.84 Å². The van der Waals surface area contributed by atoms with Gasteiger partial charge in [0.25, 0.3) is 10.0 Å². The van der Waals surface area contributed by atoms with E-state index in [0.717, 1.165) is 10.0 Å². The van der Waals surface area contributed by atoms with Crippen LogP contribution in [0.5, 0.6) is 5.75 Å². The zero-order chi connectivity index (χ0) is 17.9. The molecule has 2 aromatic rings. The van der Waals surface area contributed by atoms with Gasteiger partial charge in [-0.05, 0) is 48.4 Å². The van der Waals surface area contributed by atoms with Crippen molar-refractivity contribution in [2.24, 2.45) is 0 Å². The number of aliphatic carboxylic acids is 1. The predicted molar refractivity (Wildman–Crippen MR) is 94.0 cm³/mol. The van der Waals surface area contributed by atoms with Crippen LogP contribution in [0.3, 0.4) is 0 Å². The standard InChI is InChI=1S/C16H16BrNO5S/c1-10-7-12(4-5-13(10)17)18-24(21,22)15-8-11(9-16(19)20)3-6-14(15)23-2/h3-8,18H,9H2,1-2H3,(H,19,20). The summed E-state index contributed by atoms with van der Waals surface area (Å²) in [6, 6.07) is 9.33. The number of sulfonamides is 1. The van der Waals surface area contributed by atoms with Crippen molar-refractivity contribution in [1.29, 1.82) is 0 Å². The lowest BCUT2D eigenvalue weighted by Gasteiger charge is -2.13. The molecule has 2 N–H and O–H groups in total. The monoisotopic (exact) mass is 413 g/mol. The summed E-state index contributed by atoms with van der Waals surface area (Å²) in [5.74, 6) is -0.898. The van der Waals surface area contributed by atoms with Crippen LogP contribution in [0.1, 0.15) is 11.1 Å². The van der Waals surface area contributed by atoms with Crippen LogP contribution in [-0.2, 0) is 21.2 Å². The van der Waals surface area contributed by atoms with Crippen molar-refractivity contribution < 1.29 is 23.1 Å². The molecule has 0 saturated carbocycles. The maximum absolute atomic E-state index is 12.7. The third-order valence-electron chi connectivity index (χ3n) is 3.28. The Bertz CT molecular complexity index is 880. The number of carboxylic acids is 1. The highest BCUT2D eigenvalue weighted by Crippen LogP contribution is 2.28. The fourth-order valence-corrected chi connectivity index (χ4v) is 3.65. The quantitative estimate of drug-likeness (QED) is 0.758. The number of methoxy groups -OCH3 is 1. The third kappa shape index (κ3) is 4.27. The molecule has 0 bridgehead atoms. The van der Waals surface area contributed by atoms with Crippen LogP contribution in [0.4, 0.5) is 5.69 Å². The lowest BCUT2D eigenvalue weighted by atomic mass is 10.1. The van der Waals surface area contributed by atoms with Crippen LogP contribution in [-0.4, -0.2) is 26.6 Å². The number of rotatable bonds is 6. The third-order valence-corrected chi connectivity index (χ3v) is 5.58. The molecular weight excluding hydrogens is 398 g/mol. The molecule has 2 rings (SSSR count). The van der Waals surface area contributed by atoms with E-state index in [1.807, 2.05) is 6.92 Å². The van der Waals surface area contributed by atoms with Crippen molar-refractivity contribution in [2.75, 3.05) is 11.8 Å². The highest BCUT2D eigenvalue weighted by molar-refractivity contribution is 9.10. The molecule has 8 heteroatoms. The number of hydrogen-bond acceptors (Lipinski definition) is 4. The first kappa shape index (κ1) is 18.3. The Morgan fingerprint density at radius 2 is 1.96 bits per heavy atom. The molecule has 0 aliphatic rings. The fraction of sp³-hybridized carbons (Fsp3) is 0.188. The second-order valence-corrected chi connectivity index (χ2v) is 7.63. The van der Waals surface area contributed by atoms with Crippen LogP contribution in [0.25, 0.3) is 0 Å². The van der Waals surface area contributed by atoms with Gasteiger partial charge in [-0.15, -0.1) is 0 Å². The van der Waals surface area contributed by atoms with Crippen LogP contribution >= 0.6 is 15.9 Å². The molecule has 0 fully saturated rings. The SMILES string of the molecule is COc1ccc(CC(=O)O)cc1S(=O)(=O)Nc1ccc(Br)c(C)c1. The zero-order valence-corrected chi connectivity index (χ0v) is 15.4. The van der Waals surface area contributed by atoms with Gasteiger partial charge in [-0.1, -0.05) is 22.0 Å². The van der Waals surface area contributed by atoms with E-state index in [1.165, 1.54) is 25.3 Å². The van der Waals surface area contributed by atoms with Gasteiger partial charge >= 0.3 is 5.97 Å². The molecule has 2 aromatic carbocycles. The Kier molecular flexibility index (Phi) is 5.51. The number of anilines is 1. The van der Waals surface area contributed by atoms with E-state index in [1.54, 1.807) is 18.2 Å². The largest absolute Gasteiger partial charge is 0.495 e. The second-order valence-electron chi connectivity index (χ2n) is 5.13. The molecule has 0 heterocycles. The number of carboxylic acid groups (broad SMARTS) is 1. The molecular formula is C16H16BrNO5S. The minimum atomic E-state index is -3.93.